The molecule has 0 aliphatic heterocycles. The van der Waals surface area contributed by atoms with E-state index in [0.29, 0.717) is 13.0 Å². The van der Waals surface area contributed by atoms with Crippen molar-refractivity contribution in [3.8, 4) is 0 Å². The fourth-order valence-electron chi connectivity index (χ4n) is 1.14. The zero-order valence-corrected chi connectivity index (χ0v) is 10.1. The van der Waals surface area contributed by atoms with Gasteiger partial charge in [0.05, 0.1) is 24.8 Å². The van der Waals surface area contributed by atoms with Crippen molar-refractivity contribution in [3.05, 3.63) is 21.9 Å². The first-order valence-corrected chi connectivity index (χ1v) is 5.58. The van der Waals surface area contributed by atoms with Gasteiger partial charge in [0, 0.05) is 5.33 Å². The number of esters is 1. The quantitative estimate of drug-likeness (QED) is 0.354. The monoisotopic (exact) mass is 291 g/mol. The minimum Gasteiger partial charge on any atom is -0.464 e. The molecular weight excluding hydrogens is 282 g/mol. The summed E-state index contributed by atoms with van der Waals surface area (Å²) in [5.41, 5.74) is 0.0927. The van der Waals surface area contributed by atoms with Crippen LogP contribution in [0.3, 0.4) is 0 Å². The van der Waals surface area contributed by atoms with Gasteiger partial charge in [-0.1, -0.05) is 15.9 Å². The van der Waals surface area contributed by atoms with Gasteiger partial charge in [-0.3, -0.25) is 0 Å². The molecule has 0 bridgehead atoms. The first-order chi connectivity index (χ1) is 7.60. The van der Waals surface area contributed by atoms with E-state index in [2.05, 4.69) is 25.8 Å². The summed E-state index contributed by atoms with van der Waals surface area (Å²) in [6.45, 7) is 0.420. The van der Waals surface area contributed by atoms with Crippen LogP contribution in [-0.4, -0.2) is 33.1 Å². The minimum atomic E-state index is -0.642. The number of hydrogen-bond donors (Lipinski definition) is 0. The molecule has 0 radical (unpaired) electrons. The highest BCUT2D eigenvalue weighted by Crippen LogP contribution is 2.13. The van der Waals surface area contributed by atoms with E-state index in [1.54, 1.807) is 0 Å². The van der Waals surface area contributed by atoms with Crippen molar-refractivity contribution in [2.24, 2.45) is 0 Å². The van der Waals surface area contributed by atoms with Gasteiger partial charge >= 0.3 is 11.8 Å². The Bertz CT molecular complexity index is 404. The molecule has 0 saturated heterocycles. The lowest BCUT2D eigenvalue weighted by molar-refractivity contribution is -0.389. The van der Waals surface area contributed by atoms with Crippen LogP contribution in [0.5, 0.6) is 0 Å². The second kappa shape index (κ2) is 5.59. The number of carbonyl (C=O) groups is 1. The molecule has 0 aliphatic rings. The molecule has 1 aromatic heterocycles. The molecular formula is C8H10BrN3O4. The van der Waals surface area contributed by atoms with E-state index < -0.39 is 10.9 Å². The third kappa shape index (κ3) is 2.78. The van der Waals surface area contributed by atoms with Gasteiger partial charge in [0.1, 0.15) is 0 Å². The molecule has 1 rings (SSSR count). The van der Waals surface area contributed by atoms with Crippen LogP contribution in [0.1, 0.15) is 16.9 Å². The van der Waals surface area contributed by atoms with E-state index in [0.717, 1.165) is 11.4 Å². The highest BCUT2D eigenvalue weighted by molar-refractivity contribution is 9.09. The molecule has 88 valence electrons. The van der Waals surface area contributed by atoms with E-state index in [-0.39, 0.29) is 11.5 Å². The van der Waals surface area contributed by atoms with Crippen molar-refractivity contribution in [1.82, 2.24) is 9.78 Å². The summed E-state index contributed by atoms with van der Waals surface area (Å²) < 4.78 is 5.80. The van der Waals surface area contributed by atoms with Gasteiger partial charge in [-0.05, 0) is 11.3 Å². The van der Waals surface area contributed by atoms with Crippen molar-refractivity contribution < 1.29 is 14.5 Å². The number of rotatable bonds is 5. The van der Waals surface area contributed by atoms with Gasteiger partial charge in [-0.25, -0.2) is 4.79 Å². The standard InChI is InChI=1S/C8H10BrN3O4/c1-16-8(13)6-5-7(12(14)15)10-11(6)4-2-3-9/h5H,2-4H2,1H3. The minimum absolute atomic E-state index is 0.0927. The number of hydrogen-bond acceptors (Lipinski definition) is 5. The van der Waals surface area contributed by atoms with Crippen LogP contribution < -0.4 is 0 Å². The number of halogens is 1. The Labute approximate surface area is 99.7 Å². The number of aromatic nitrogens is 2. The zero-order valence-electron chi connectivity index (χ0n) is 8.55. The number of nitrogens with zero attached hydrogens (tertiary/aromatic N) is 3. The number of aryl methyl sites for hydroxylation is 1. The lowest BCUT2D eigenvalue weighted by Gasteiger charge is -1.99. The number of alkyl halides is 1. The molecule has 0 amide bonds. The van der Waals surface area contributed by atoms with Crippen LogP contribution in [-0.2, 0) is 11.3 Å². The van der Waals surface area contributed by atoms with Crippen LogP contribution in [0.15, 0.2) is 6.07 Å². The van der Waals surface area contributed by atoms with Crippen molar-refractivity contribution in [1.29, 1.82) is 0 Å². The molecule has 0 unspecified atom stereocenters. The third-order valence-corrected chi connectivity index (χ3v) is 2.41. The SMILES string of the molecule is COC(=O)c1cc([N+](=O)[O-])nn1CCCBr. The van der Waals surface area contributed by atoms with Crippen LogP contribution >= 0.6 is 15.9 Å². The average molecular weight is 292 g/mol. The molecule has 0 aliphatic carbocycles. The van der Waals surface area contributed by atoms with Crippen LogP contribution in [0.2, 0.25) is 0 Å². The smallest absolute Gasteiger partial charge is 0.390 e. The summed E-state index contributed by atoms with van der Waals surface area (Å²) in [5, 5.41) is 15.0. The van der Waals surface area contributed by atoms with E-state index in [4.69, 9.17) is 0 Å². The average Bonchev–Trinajstić information content (AvgIpc) is 2.69. The fourth-order valence-corrected chi connectivity index (χ4v) is 1.39. The highest BCUT2D eigenvalue weighted by atomic mass is 79.9. The van der Waals surface area contributed by atoms with E-state index in [9.17, 15) is 14.9 Å². The predicted octanol–water partition coefficient (Wildman–Crippen LogP) is 1.36. The van der Waals surface area contributed by atoms with Gasteiger partial charge in [0.15, 0.2) is 5.69 Å². The zero-order chi connectivity index (χ0) is 12.1. The van der Waals surface area contributed by atoms with Crippen molar-refractivity contribution >= 4 is 27.7 Å². The maximum absolute atomic E-state index is 11.3. The van der Waals surface area contributed by atoms with E-state index in [1.807, 2.05) is 0 Å². The maximum Gasteiger partial charge on any atom is 0.390 e. The number of nitro groups is 1. The van der Waals surface area contributed by atoms with Gasteiger partial charge < -0.3 is 14.9 Å². The van der Waals surface area contributed by atoms with Gasteiger partial charge in [-0.15, -0.1) is 0 Å². The van der Waals surface area contributed by atoms with E-state index >= 15 is 0 Å². The second-order valence-electron chi connectivity index (χ2n) is 2.90. The Kier molecular flexibility index (Phi) is 4.41. The van der Waals surface area contributed by atoms with Gasteiger partial charge in [0.25, 0.3) is 0 Å². The summed E-state index contributed by atoms with van der Waals surface area (Å²) in [5.74, 6) is -0.981. The van der Waals surface area contributed by atoms with Gasteiger partial charge in [0.2, 0.25) is 0 Å². The molecule has 0 aromatic carbocycles. The molecule has 1 heterocycles. The van der Waals surface area contributed by atoms with Crippen molar-refractivity contribution in [2.45, 2.75) is 13.0 Å². The van der Waals surface area contributed by atoms with E-state index in [1.165, 1.54) is 11.8 Å². The summed E-state index contributed by atoms with van der Waals surface area (Å²) in [6.07, 6.45) is 0.711. The first kappa shape index (κ1) is 12.6. The number of carbonyl (C=O) groups excluding carboxylic acids is 1. The first-order valence-electron chi connectivity index (χ1n) is 4.46. The topological polar surface area (TPSA) is 87.3 Å². The molecule has 8 heteroatoms. The fraction of sp³-hybridized carbons (Fsp3) is 0.500. The molecule has 0 saturated carbocycles. The third-order valence-electron chi connectivity index (χ3n) is 1.85. The summed E-state index contributed by atoms with van der Waals surface area (Å²) >= 11 is 3.23. The molecule has 7 nitrogen and oxygen atoms in total. The Morgan fingerprint density at radius 2 is 2.44 bits per heavy atom. The largest absolute Gasteiger partial charge is 0.464 e. The summed E-state index contributed by atoms with van der Waals surface area (Å²) in [4.78, 5) is 21.2. The van der Waals surface area contributed by atoms with Gasteiger partial charge in [-0.2, -0.15) is 4.68 Å². The summed E-state index contributed by atoms with van der Waals surface area (Å²) in [7, 11) is 1.22. The lowest BCUT2D eigenvalue weighted by Crippen LogP contribution is -2.12. The lowest BCUT2D eigenvalue weighted by atomic mass is 10.4. The van der Waals surface area contributed by atoms with Crippen molar-refractivity contribution in [3.63, 3.8) is 0 Å². The normalized spacial score (nSPS) is 10.1. The second-order valence-corrected chi connectivity index (χ2v) is 3.70. The Morgan fingerprint density at radius 3 is 2.94 bits per heavy atom. The Balaban J connectivity index is 3.02. The molecule has 16 heavy (non-hydrogen) atoms. The Morgan fingerprint density at radius 1 is 1.75 bits per heavy atom. The number of ether oxygens (including phenoxy) is 1. The number of methoxy groups -OCH3 is 1. The van der Waals surface area contributed by atoms with Crippen LogP contribution in [0, 0.1) is 10.1 Å². The van der Waals surface area contributed by atoms with Crippen LogP contribution in [0.25, 0.3) is 0 Å². The van der Waals surface area contributed by atoms with Crippen LogP contribution in [0.4, 0.5) is 5.82 Å². The molecule has 0 N–H and O–H groups in total. The molecule has 0 atom stereocenters. The Hall–Kier alpha value is -1.44. The molecule has 0 spiro atoms. The molecule has 1 aromatic rings. The summed E-state index contributed by atoms with van der Waals surface area (Å²) in [6, 6.07) is 1.11. The van der Waals surface area contributed by atoms with Crippen molar-refractivity contribution in [2.75, 3.05) is 12.4 Å². The predicted molar refractivity (Wildman–Crippen MR) is 58.6 cm³/mol. The highest BCUT2D eigenvalue weighted by Gasteiger charge is 2.23. The molecule has 0 fully saturated rings. The maximum atomic E-state index is 11.3.